The molecule has 3 aromatic rings. The van der Waals surface area contributed by atoms with E-state index in [9.17, 15) is 18.0 Å². The van der Waals surface area contributed by atoms with Crippen LogP contribution < -0.4 is 10.5 Å². The van der Waals surface area contributed by atoms with Gasteiger partial charge in [-0.05, 0) is 43.3 Å². The molecule has 0 aliphatic carbocycles. The van der Waals surface area contributed by atoms with Crippen molar-refractivity contribution in [2.75, 3.05) is 7.11 Å². The second kappa shape index (κ2) is 6.72. The van der Waals surface area contributed by atoms with E-state index in [0.717, 1.165) is 0 Å². The van der Waals surface area contributed by atoms with Crippen molar-refractivity contribution in [2.45, 2.75) is 18.7 Å². The highest BCUT2D eigenvalue weighted by Crippen LogP contribution is 2.26. The van der Waals surface area contributed by atoms with Crippen molar-refractivity contribution < 1.29 is 31.7 Å². The van der Waals surface area contributed by atoms with Gasteiger partial charge < -0.3 is 14.0 Å². The Kier molecular flexibility index (Phi) is 4.57. The molecule has 2 aromatic heterocycles. The lowest BCUT2D eigenvalue weighted by molar-refractivity contribution is 0.0600. The smallest absolute Gasteiger partial charge is 0.458 e. The Balaban J connectivity index is 2.01. The van der Waals surface area contributed by atoms with Gasteiger partial charge in [0.15, 0.2) is 10.7 Å². The van der Waals surface area contributed by atoms with Crippen molar-refractivity contribution in [3.63, 3.8) is 0 Å². The van der Waals surface area contributed by atoms with Gasteiger partial charge in [-0.1, -0.05) is 5.16 Å². The number of carbonyl (C=O) groups excluding carboxylic acids is 1. The summed E-state index contributed by atoms with van der Waals surface area (Å²) in [5, 5.41) is 6.92. The summed E-state index contributed by atoms with van der Waals surface area (Å²) in [6, 6.07) is 4.92. The summed E-state index contributed by atoms with van der Waals surface area (Å²) in [5.41, 5.74) is 0.319. The molecule has 0 aliphatic rings. The predicted molar refractivity (Wildman–Crippen MR) is 87.2 cm³/mol. The quantitative estimate of drug-likeness (QED) is 0.579. The van der Waals surface area contributed by atoms with Gasteiger partial charge in [0, 0.05) is 0 Å². The number of methoxy groups -OCH3 is 1. The first-order chi connectivity index (χ1) is 12.8. The predicted octanol–water partition coefficient (Wildman–Crippen LogP) is 1.26. The van der Waals surface area contributed by atoms with Crippen LogP contribution in [0.15, 0.2) is 43.0 Å². The first-order valence-electron chi connectivity index (χ1n) is 7.39. The van der Waals surface area contributed by atoms with Crippen LogP contribution >= 0.6 is 0 Å². The van der Waals surface area contributed by atoms with E-state index in [-0.39, 0.29) is 31.6 Å². The number of benzene rings is 1. The number of aromatic nitrogens is 3. The van der Waals surface area contributed by atoms with Crippen molar-refractivity contribution in [1.29, 1.82) is 0 Å². The maximum absolute atomic E-state index is 12.8. The van der Waals surface area contributed by atoms with Crippen molar-refractivity contribution in [3.05, 3.63) is 51.8 Å². The number of aryl methyl sites for hydroxylation is 2. The second-order valence-corrected chi connectivity index (χ2v) is 7.00. The van der Waals surface area contributed by atoms with Crippen LogP contribution in [0.2, 0.25) is 0 Å². The molecule has 0 atom stereocenters. The SMILES string of the molecule is COC(=O)c1ccc(Oc2noc(=O)n2S(=O)(=O)c2c(C)noc2C)cc1. The van der Waals surface area contributed by atoms with Gasteiger partial charge in [0.1, 0.15) is 11.4 Å². The average Bonchev–Trinajstić information content (AvgIpc) is 3.17. The summed E-state index contributed by atoms with van der Waals surface area (Å²) in [5.74, 6) is -1.72. The molecule has 0 saturated carbocycles. The highest BCUT2D eigenvalue weighted by atomic mass is 32.2. The fraction of sp³-hybridized carbons (Fsp3) is 0.200. The van der Waals surface area contributed by atoms with Gasteiger partial charge in [-0.25, -0.2) is 18.0 Å². The maximum atomic E-state index is 12.8. The molecule has 12 heteroatoms. The lowest BCUT2D eigenvalue weighted by atomic mass is 10.2. The molecule has 11 nitrogen and oxygen atoms in total. The van der Waals surface area contributed by atoms with Crippen LogP contribution in [0.5, 0.6) is 11.8 Å². The van der Waals surface area contributed by atoms with E-state index >= 15 is 0 Å². The molecule has 1 aromatic carbocycles. The Labute approximate surface area is 152 Å². The third-order valence-corrected chi connectivity index (χ3v) is 5.38. The Hall–Kier alpha value is -3.41. The minimum absolute atomic E-state index is 0.00557. The molecule has 3 rings (SSSR count). The maximum Gasteiger partial charge on any atom is 0.458 e. The van der Waals surface area contributed by atoms with E-state index in [4.69, 9.17) is 9.26 Å². The van der Waals surface area contributed by atoms with Crippen LogP contribution in [0.25, 0.3) is 0 Å². The molecule has 142 valence electrons. The second-order valence-electron chi connectivity index (χ2n) is 5.27. The standard InChI is InChI=1S/C15H13N3O8S/c1-8-12(9(2)25-16-8)27(21,22)18-14(17-26-15(18)20)24-11-6-4-10(5-7-11)13(19)23-3/h4-7H,1-3H3. The van der Waals surface area contributed by atoms with E-state index in [2.05, 4.69) is 19.6 Å². The van der Waals surface area contributed by atoms with E-state index in [1.807, 2.05) is 0 Å². The van der Waals surface area contributed by atoms with Gasteiger partial charge in [-0.2, -0.15) is 0 Å². The number of carbonyl (C=O) groups is 1. The zero-order chi connectivity index (χ0) is 19.8. The molecule has 0 amide bonds. The van der Waals surface area contributed by atoms with Crippen LogP contribution in [0.4, 0.5) is 0 Å². The van der Waals surface area contributed by atoms with Crippen molar-refractivity contribution in [2.24, 2.45) is 0 Å². The van der Waals surface area contributed by atoms with E-state index < -0.39 is 27.8 Å². The first kappa shape index (κ1) is 18.4. The number of esters is 1. The van der Waals surface area contributed by atoms with Gasteiger partial charge in [-0.3, -0.25) is 4.52 Å². The van der Waals surface area contributed by atoms with Gasteiger partial charge in [0.25, 0.3) is 10.0 Å². The Morgan fingerprint density at radius 3 is 2.33 bits per heavy atom. The molecule has 0 spiro atoms. The molecule has 0 radical (unpaired) electrons. The molecule has 0 N–H and O–H groups in total. The monoisotopic (exact) mass is 395 g/mol. The average molecular weight is 395 g/mol. The lowest BCUT2D eigenvalue weighted by Crippen LogP contribution is -2.25. The fourth-order valence-corrected chi connectivity index (χ4v) is 3.81. The van der Waals surface area contributed by atoms with Crippen LogP contribution in [-0.4, -0.2) is 35.8 Å². The molecule has 0 bridgehead atoms. The van der Waals surface area contributed by atoms with Crippen LogP contribution in [-0.2, 0) is 14.8 Å². The summed E-state index contributed by atoms with van der Waals surface area (Å²) < 4.78 is 45.1. The minimum atomic E-state index is -4.43. The summed E-state index contributed by atoms with van der Waals surface area (Å²) >= 11 is 0. The van der Waals surface area contributed by atoms with Crippen molar-refractivity contribution >= 4 is 16.0 Å². The number of hydrogen-bond acceptors (Lipinski definition) is 10. The number of nitrogens with zero attached hydrogens (tertiary/aromatic N) is 3. The molecule has 2 heterocycles. The molecular weight excluding hydrogens is 382 g/mol. The summed E-state index contributed by atoms with van der Waals surface area (Å²) in [6.45, 7) is 2.80. The topological polar surface area (TPSA) is 144 Å². The van der Waals surface area contributed by atoms with Crippen molar-refractivity contribution in [1.82, 2.24) is 14.3 Å². The molecule has 0 aliphatic heterocycles. The lowest BCUT2D eigenvalue weighted by Gasteiger charge is -2.07. The number of ether oxygens (including phenoxy) is 2. The minimum Gasteiger partial charge on any atom is -0.465 e. The normalized spacial score (nSPS) is 11.4. The number of rotatable bonds is 5. The molecular formula is C15H13N3O8S. The van der Waals surface area contributed by atoms with E-state index in [1.165, 1.54) is 45.2 Å². The summed E-state index contributed by atoms with van der Waals surface area (Å²) in [4.78, 5) is 23.1. The van der Waals surface area contributed by atoms with Gasteiger partial charge in [-0.15, -0.1) is 3.97 Å². The van der Waals surface area contributed by atoms with Crippen LogP contribution in [0.1, 0.15) is 21.8 Å². The summed E-state index contributed by atoms with van der Waals surface area (Å²) in [6.07, 6.45) is 0. The highest BCUT2D eigenvalue weighted by Gasteiger charge is 2.33. The Morgan fingerprint density at radius 2 is 1.78 bits per heavy atom. The Bertz CT molecular complexity index is 1140. The highest BCUT2D eigenvalue weighted by molar-refractivity contribution is 7.90. The third kappa shape index (κ3) is 3.21. The van der Waals surface area contributed by atoms with E-state index in [0.29, 0.717) is 0 Å². The fourth-order valence-electron chi connectivity index (χ4n) is 2.31. The molecule has 0 saturated heterocycles. The zero-order valence-electron chi connectivity index (χ0n) is 14.3. The Morgan fingerprint density at radius 1 is 1.11 bits per heavy atom. The number of hydrogen-bond donors (Lipinski definition) is 0. The molecule has 0 unspecified atom stereocenters. The third-order valence-electron chi connectivity index (χ3n) is 3.49. The van der Waals surface area contributed by atoms with Crippen molar-refractivity contribution in [3.8, 4) is 11.8 Å². The van der Waals surface area contributed by atoms with Crippen LogP contribution in [0.3, 0.4) is 0 Å². The largest absolute Gasteiger partial charge is 0.465 e. The van der Waals surface area contributed by atoms with Gasteiger partial charge in [0.05, 0.1) is 12.7 Å². The van der Waals surface area contributed by atoms with E-state index in [1.54, 1.807) is 0 Å². The van der Waals surface area contributed by atoms with Gasteiger partial charge >= 0.3 is 17.7 Å². The molecule has 27 heavy (non-hydrogen) atoms. The first-order valence-corrected chi connectivity index (χ1v) is 8.83. The molecule has 0 fully saturated rings. The van der Waals surface area contributed by atoms with Gasteiger partial charge in [0.2, 0.25) is 0 Å². The summed E-state index contributed by atoms with van der Waals surface area (Å²) in [7, 11) is -3.19. The zero-order valence-corrected chi connectivity index (χ0v) is 15.1. The van der Waals surface area contributed by atoms with Crippen LogP contribution in [0, 0.1) is 13.8 Å².